The van der Waals surface area contributed by atoms with Crippen LogP contribution in [0.3, 0.4) is 0 Å². The molecule has 0 aliphatic heterocycles. The van der Waals surface area contributed by atoms with E-state index in [2.05, 4.69) is 46.6 Å². The SMILES string of the molecule is Cc1cc(C)nc(Nc2cccc(NC(=O)/C=C/c3ccc(C(C)C)cc3)c2)n1. The first-order valence-corrected chi connectivity index (χ1v) is 9.67. The number of benzene rings is 2. The van der Waals surface area contributed by atoms with E-state index >= 15 is 0 Å². The van der Waals surface area contributed by atoms with Crippen LogP contribution in [0, 0.1) is 13.8 Å². The van der Waals surface area contributed by atoms with Gasteiger partial charge in [0.2, 0.25) is 11.9 Å². The molecule has 5 nitrogen and oxygen atoms in total. The molecule has 148 valence electrons. The molecule has 2 N–H and O–H groups in total. The van der Waals surface area contributed by atoms with Crippen molar-refractivity contribution in [3.05, 3.63) is 83.2 Å². The monoisotopic (exact) mass is 386 g/mol. The molecule has 0 saturated carbocycles. The van der Waals surface area contributed by atoms with Gasteiger partial charge in [0, 0.05) is 28.8 Å². The van der Waals surface area contributed by atoms with Crippen molar-refractivity contribution in [2.75, 3.05) is 10.6 Å². The molecule has 0 unspecified atom stereocenters. The minimum absolute atomic E-state index is 0.183. The summed E-state index contributed by atoms with van der Waals surface area (Å²) in [5, 5.41) is 6.06. The molecule has 0 saturated heterocycles. The summed E-state index contributed by atoms with van der Waals surface area (Å²) >= 11 is 0. The molecule has 1 amide bonds. The molecule has 5 heteroatoms. The zero-order chi connectivity index (χ0) is 20.8. The lowest BCUT2D eigenvalue weighted by atomic mass is 10.0. The Morgan fingerprint density at radius 1 is 0.931 bits per heavy atom. The first-order chi connectivity index (χ1) is 13.9. The summed E-state index contributed by atoms with van der Waals surface area (Å²) in [6.07, 6.45) is 3.35. The zero-order valence-electron chi connectivity index (χ0n) is 17.2. The first kappa shape index (κ1) is 20.3. The molecular weight excluding hydrogens is 360 g/mol. The van der Waals surface area contributed by atoms with Crippen LogP contribution in [0.2, 0.25) is 0 Å². The Bertz CT molecular complexity index is 1000. The largest absolute Gasteiger partial charge is 0.324 e. The number of hydrogen-bond donors (Lipinski definition) is 2. The molecule has 0 atom stereocenters. The number of aromatic nitrogens is 2. The summed E-state index contributed by atoms with van der Waals surface area (Å²) in [4.78, 5) is 21.0. The van der Waals surface area contributed by atoms with E-state index in [0.717, 1.165) is 22.6 Å². The van der Waals surface area contributed by atoms with Crippen LogP contribution in [0.4, 0.5) is 17.3 Å². The maximum absolute atomic E-state index is 12.3. The number of aryl methyl sites for hydroxylation is 2. The lowest BCUT2D eigenvalue weighted by Gasteiger charge is -2.09. The molecule has 2 aromatic carbocycles. The number of anilines is 3. The Hall–Kier alpha value is -3.47. The van der Waals surface area contributed by atoms with E-state index in [4.69, 9.17) is 0 Å². The van der Waals surface area contributed by atoms with Gasteiger partial charge in [-0.2, -0.15) is 0 Å². The quantitative estimate of drug-likeness (QED) is 0.540. The summed E-state index contributed by atoms with van der Waals surface area (Å²) < 4.78 is 0. The van der Waals surface area contributed by atoms with Crippen molar-refractivity contribution in [3.8, 4) is 0 Å². The molecule has 0 aliphatic rings. The average Bonchev–Trinajstić information content (AvgIpc) is 2.66. The predicted octanol–water partition coefficient (Wildman–Crippen LogP) is 5.61. The summed E-state index contributed by atoms with van der Waals surface area (Å²) in [5.74, 6) is 0.847. The number of nitrogens with zero attached hydrogens (tertiary/aromatic N) is 2. The van der Waals surface area contributed by atoms with Crippen LogP contribution in [-0.2, 0) is 4.79 Å². The Kier molecular flexibility index (Phi) is 6.39. The lowest BCUT2D eigenvalue weighted by molar-refractivity contribution is -0.111. The van der Waals surface area contributed by atoms with Crippen LogP contribution in [0.1, 0.15) is 42.3 Å². The minimum Gasteiger partial charge on any atom is -0.324 e. The summed E-state index contributed by atoms with van der Waals surface area (Å²) in [6.45, 7) is 8.18. The molecular formula is C24H26N4O. The molecule has 0 radical (unpaired) electrons. The van der Waals surface area contributed by atoms with Gasteiger partial charge in [0.1, 0.15) is 0 Å². The number of carbonyl (C=O) groups excluding carboxylic acids is 1. The number of carbonyl (C=O) groups is 1. The van der Waals surface area contributed by atoms with Crippen molar-refractivity contribution < 1.29 is 4.79 Å². The van der Waals surface area contributed by atoms with Crippen molar-refractivity contribution >= 4 is 29.3 Å². The third-order valence-electron chi connectivity index (χ3n) is 4.40. The van der Waals surface area contributed by atoms with Gasteiger partial charge in [-0.3, -0.25) is 4.79 Å². The summed E-state index contributed by atoms with van der Waals surface area (Å²) in [7, 11) is 0. The Morgan fingerprint density at radius 2 is 1.59 bits per heavy atom. The van der Waals surface area contributed by atoms with E-state index < -0.39 is 0 Å². The van der Waals surface area contributed by atoms with Gasteiger partial charge in [0.15, 0.2) is 0 Å². The van der Waals surface area contributed by atoms with Crippen molar-refractivity contribution in [1.29, 1.82) is 0 Å². The number of amides is 1. The van der Waals surface area contributed by atoms with E-state index in [-0.39, 0.29) is 5.91 Å². The third-order valence-corrected chi connectivity index (χ3v) is 4.40. The summed E-state index contributed by atoms with van der Waals surface area (Å²) in [5.41, 5.74) is 5.58. The molecule has 29 heavy (non-hydrogen) atoms. The Morgan fingerprint density at radius 3 is 2.24 bits per heavy atom. The van der Waals surface area contributed by atoms with Crippen molar-refractivity contribution in [2.24, 2.45) is 0 Å². The van der Waals surface area contributed by atoms with Gasteiger partial charge in [0.25, 0.3) is 0 Å². The average molecular weight is 386 g/mol. The summed E-state index contributed by atoms with van der Waals surface area (Å²) in [6, 6.07) is 17.6. The highest BCUT2D eigenvalue weighted by atomic mass is 16.1. The van der Waals surface area contributed by atoms with Gasteiger partial charge in [-0.1, -0.05) is 44.2 Å². The maximum Gasteiger partial charge on any atom is 0.248 e. The molecule has 1 heterocycles. The Balaban J connectivity index is 1.64. The molecule has 0 fully saturated rings. The van der Waals surface area contributed by atoms with Crippen LogP contribution in [0.15, 0.2) is 60.7 Å². The normalized spacial score (nSPS) is 11.1. The lowest BCUT2D eigenvalue weighted by Crippen LogP contribution is -2.08. The van der Waals surface area contributed by atoms with Crippen LogP contribution in [-0.4, -0.2) is 15.9 Å². The zero-order valence-corrected chi connectivity index (χ0v) is 17.2. The topological polar surface area (TPSA) is 66.9 Å². The second-order valence-corrected chi connectivity index (χ2v) is 7.32. The fourth-order valence-electron chi connectivity index (χ4n) is 2.93. The fourth-order valence-corrected chi connectivity index (χ4v) is 2.93. The highest BCUT2D eigenvalue weighted by Gasteiger charge is 2.03. The predicted molar refractivity (Wildman–Crippen MR) is 119 cm³/mol. The van der Waals surface area contributed by atoms with Gasteiger partial charge in [0.05, 0.1) is 0 Å². The molecule has 3 aromatic rings. The highest BCUT2D eigenvalue weighted by Crippen LogP contribution is 2.19. The van der Waals surface area contributed by atoms with Gasteiger partial charge < -0.3 is 10.6 Å². The van der Waals surface area contributed by atoms with Gasteiger partial charge in [-0.05, 0) is 61.2 Å². The van der Waals surface area contributed by atoms with Crippen LogP contribution >= 0.6 is 0 Å². The number of nitrogens with one attached hydrogen (secondary N) is 2. The van der Waals surface area contributed by atoms with Crippen LogP contribution in [0.25, 0.3) is 6.08 Å². The van der Waals surface area contributed by atoms with E-state index in [9.17, 15) is 4.79 Å². The Labute approximate surface area is 171 Å². The van der Waals surface area contributed by atoms with E-state index in [1.807, 2.05) is 62.4 Å². The van der Waals surface area contributed by atoms with E-state index in [1.54, 1.807) is 0 Å². The van der Waals surface area contributed by atoms with E-state index in [0.29, 0.717) is 17.6 Å². The van der Waals surface area contributed by atoms with Crippen molar-refractivity contribution in [3.63, 3.8) is 0 Å². The van der Waals surface area contributed by atoms with Gasteiger partial charge in [-0.15, -0.1) is 0 Å². The molecule has 0 aliphatic carbocycles. The smallest absolute Gasteiger partial charge is 0.248 e. The molecule has 0 spiro atoms. The van der Waals surface area contributed by atoms with Gasteiger partial charge in [-0.25, -0.2) is 9.97 Å². The van der Waals surface area contributed by atoms with Crippen molar-refractivity contribution in [2.45, 2.75) is 33.6 Å². The molecule has 1 aromatic heterocycles. The number of rotatable bonds is 6. The van der Waals surface area contributed by atoms with Crippen LogP contribution in [0.5, 0.6) is 0 Å². The van der Waals surface area contributed by atoms with Crippen LogP contribution < -0.4 is 10.6 Å². The highest BCUT2D eigenvalue weighted by molar-refractivity contribution is 6.02. The standard InChI is InChI=1S/C24H26N4O/c1-16(2)20-11-8-19(9-12-20)10-13-23(29)27-21-6-5-7-22(15-21)28-24-25-17(3)14-18(4)26-24/h5-16H,1-4H3,(H,27,29)(H,25,26,28)/b13-10+. The molecule has 3 rings (SSSR count). The fraction of sp³-hybridized carbons (Fsp3) is 0.208. The second kappa shape index (κ2) is 9.15. The number of hydrogen-bond acceptors (Lipinski definition) is 4. The maximum atomic E-state index is 12.3. The van der Waals surface area contributed by atoms with E-state index in [1.165, 1.54) is 11.6 Å². The molecule has 0 bridgehead atoms. The third kappa shape index (κ3) is 6.01. The second-order valence-electron chi connectivity index (χ2n) is 7.32. The first-order valence-electron chi connectivity index (χ1n) is 9.67. The minimum atomic E-state index is -0.183. The van der Waals surface area contributed by atoms with Gasteiger partial charge >= 0.3 is 0 Å². The van der Waals surface area contributed by atoms with Crippen molar-refractivity contribution in [1.82, 2.24) is 9.97 Å².